The molecule has 9 heteroatoms. The average molecular weight is 292 g/mol. The number of carboxylic acids is 1. The molecule has 0 atom stereocenters. The molecule has 7 nitrogen and oxygen atoms in total. The summed E-state index contributed by atoms with van der Waals surface area (Å²) in [6.07, 6.45) is 3.68. The maximum atomic E-state index is 11.5. The van der Waals surface area contributed by atoms with Crippen LogP contribution >= 0.6 is 11.3 Å². The zero-order chi connectivity index (χ0) is 13.6. The van der Waals surface area contributed by atoms with Gasteiger partial charge in [0.05, 0.1) is 12.4 Å². The van der Waals surface area contributed by atoms with E-state index in [-0.39, 0.29) is 17.5 Å². The molecule has 18 heavy (non-hydrogen) atoms. The molecule has 0 aromatic carbocycles. The Kier molecular flexibility index (Phi) is 5.25. The molecule has 0 saturated carbocycles. The number of thiazole rings is 1. The molecule has 1 heterocycles. The quantitative estimate of drug-likeness (QED) is 0.714. The van der Waals surface area contributed by atoms with Gasteiger partial charge in [-0.3, -0.25) is 4.72 Å². The molecule has 0 radical (unpaired) electrons. The summed E-state index contributed by atoms with van der Waals surface area (Å²) in [4.78, 5) is 14.7. The van der Waals surface area contributed by atoms with Gasteiger partial charge in [-0.15, -0.1) is 0 Å². The fourth-order valence-electron chi connectivity index (χ4n) is 0.941. The second-order valence-electron chi connectivity index (χ2n) is 3.15. The van der Waals surface area contributed by atoms with E-state index >= 15 is 0 Å². The second-order valence-corrected chi connectivity index (χ2v) is 6.06. The highest BCUT2D eigenvalue weighted by Gasteiger charge is 2.12. The van der Waals surface area contributed by atoms with Crippen molar-refractivity contribution in [3.63, 3.8) is 0 Å². The third-order valence-corrected chi connectivity index (χ3v) is 3.93. The summed E-state index contributed by atoms with van der Waals surface area (Å²) in [5.41, 5.74) is 0. The van der Waals surface area contributed by atoms with E-state index in [0.717, 1.165) is 17.4 Å². The molecule has 0 amide bonds. The highest BCUT2D eigenvalue weighted by atomic mass is 32.2. The Labute approximate surface area is 108 Å². The summed E-state index contributed by atoms with van der Waals surface area (Å²) in [6, 6.07) is 0. The van der Waals surface area contributed by atoms with Crippen molar-refractivity contribution in [2.75, 3.05) is 24.2 Å². The van der Waals surface area contributed by atoms with E-state index < -0.39 is 16.0 Å². The number of ether oxygens (including phenoxy) is 1. The summed E-state index contributed by atoms with van der Waals surface area (Å²) in [5.74, 6) is -1.24. The molecule has 0 unspecified atom stereocenters. The van der Waals surface area contributed by atoms with Crippen LogP contribution in [0.5, 0.6) is 0 Å². The summed E-state index contributed by atoms with van der Waals surface area (Å²) in [6.45, 7) is 0.0898. The lowest BCUT2D eigenvalue weighted by Crippen LogP contribution is -2.19. The van der Waals surface area contributed by atoms with Gasteiger partial charge in [0.25, 0.3) is 0 Å². The number of aliphatic carboxylic acids is 1. The van der Waals surface area contributed by atoms with Gasteiger partial charge >= 0.3 is 5.97 Å². The summed E-state index contributed by atoms with van der Waals surface area (Å²) in [5, 5.41) is 8.63. The number of anilines is 1. The Morgan fingerprint density at radius 1 is 1.67 bits per heavy atom. The van der Waals surface area contributed by atoms with Gasteiger partial charge in [0, 0.05) is 24.3 Å². The van der Waals surface area contributed by atoms with Crippen LogP contribution in [0.2, 0.25) is 0 Å². The van der Waals surface area contributed by atoms with E-state index in [9.17, 15) is 13.2 Å². The van der Waals surface area contributed by atoms with Gasteiger partial charge in [0.15, 0.2) is 5.13 Å². The van der Waals surface area contributed by atoms with E-state index in [2.05, 4.69) is 14.4 Å². The highest BCUT2D eigenvalue weighted by molar-refractivity contribution is 7.92. The van der Waals surface area contributed by atoms with Crippen LogP contribution in [-0.4, -0.2) is 43.9 Å². The van der Waals surface area contributed by atoms with E-state index in [4.69, 9.17) is 5.11 Å². The molecule has 0 aliphatic heterocycles. The van der Waals surface area contributed by atoms with Crippen molar-refractivity contribution in [3.05, 3.63) is 17.2 Å². The smallest absolute Gasteiger partial charge is 0.328 e. The fraction of sp³-hybridized carbons (Fsp3) is 0.333. The minimum absolute atomic E-state index is 0.0898. The van der Waals surface area contributed by atoms with Crippen LogP contribution in [0.1, 0.15) is 4.88 Å². The first-order chi connectivity index (χ1) is 8.43. The van der Waals surface area contributed by atoms with Crippen LogP contribution in [0.3, 0.4) is 0 Å². The minimum Gasteiger partial charge on any atom is -0.478 e. The lowest BCUT2D eigenvalue weighted by molar-refractivity contribution is -0.131. The minimum atomic E-state index is -3.48. The monoisotopic (exact) mass is 292 g/mol. The maximum Gasteiger partial charge on any atom is 0.328 e. The van der Waals surface area contributed by atoms with Gasteiger partial charge < -0.3 is 9.84 Å². The number of nitrogens with zero attached hydrogens (tertiary/aromatic N) is 1. The van der Waals surface area contributed by atoms with Crippen molar-refractivity contribution >= 4 is 38.5 Å². The number of nitrogens with one attached hydrogen (secondary N) is 1. The molecule has 1 aromatic heterocycles. The number of methoxy groups -OCH3 is 1. The van der Waals surface area contributed by atoms with Crippen LogP contribution in [0.25, 0.3) is 6.08 Å². The van der Waals surface area contributed by atoms with Crippen molar-refractivity contribution in [2.24, 2.45) is 0 Å². The molecule has 1 aromatic rings. The summed E-state index contributed by atoms with van der Waals surface area (Å²) < 4.78 is 29.9. The van der Waals surface area contributed by atoms with E-state index in [1.807, 2.05) is 0 Å². The third kappa shape index (κ3) is 5.25. The average Bonchev–Trinajstić information content (AvgIpc) is 2.70. The Morgan fingerprint density at radius 3 is 3.00 bits per heavy atom. The van der Waals surface area contributed by atoms with Gasteiger partial charge in [-0.2, -0.15) is 0 Å². The zero-order valence-corrected chi connectivity index (χ0v) is 11.1. The van der Waals surface area contributed by atoms with Crippen LogP contribution in [0, 0.1) is 0 Å². The predicted octanol–water partition coefficient (Wildman–Crippen LogP) is 0.629. The Bertz CT molecular complexity index is 535. The number of hydrogen-bond acceptors (Lipinski definition) is 6. The molecule has 0 fully saturated rings. The number of rotatable bonds is 7. The molecular weight excluding hydrogens is 280 g/mol. The molecule has 0 bridgehead atoms. The number of carbonyl (C=O) groups is 1. The standard InChI is InChI=1S/C9H12N2O5S2/c1-16-4-5-18(14,15)11-9-10-6-7(17-9)2-3-8(12)13/h2-3,6H,4-5H2,1H3,(H,10,11)(H,12,13). The molecule has 100 valence electrons. The molecule has 0 aliphatic carbocycles. The van der Waals surface area contributed by atoms with Gasteiger partial charge in [-0.25, -0.2) is 18.2 Å². The second kappa shape index (κ2) is 6.47. The van der Waals surface area contributed by atoms with E-state index in [1.165, 1.54) is 19.4 Å². The normalized spacial score (nSPS) is 11.8. The van der Waals surface area contributed by atoms with Gasteiger partial charge in [-0.05, 0) is 6.08 Å². The Balaban J connectivity index is 2.67. The lowest BCUT2D eigenvalue weighted by Gasteiger charge is -2.03. The van der Waals surface area contributed by atoms with E-state index in [0.29, 0.717) is 4.88 Å². The lowest BCUT2D eigenvalue weighted by atomic mass is 10.4. The first-order valence-corrected chi connectivity index (χ1v) is 7.26. The van der Waals surface area contributed by atoms with Crippen molar-refractivity contribution < 1.29 is 23.1 Å². The van der Waals surface area contributed by atoms with Crippen molar-refractivity contribution in [2.45, 2.75) is 0 Å². The van der Waals surface area contributed by atoms with Crippen molar-refractivity contribution in [1.82, 2.24) is 4.98 Å². The number of sulfonamides is 1. The maximum absolute atomic E-state index is 11.5. The predicted molar refractivity (Wildman–Crippen MR) is 68.1 cm³/mol. The molecule has 2 N–H and O–H groups in total. The number of carboxylic acid groups (broad SMARTS) is 1. The SMILES string of the molecule is COCCS(=O)(=O)Nc1ncc(C=CC(=O)O)s1. The third-order valence-electron chi connectivity index (χ3n) is 1.71. The topological polar surface area (TPSA) is 106 Å². The molecule has 0 saturated heterocycles. The van der Waals surface area contributed by atoms with Gasteiger partial charge in [-0.1, -0.05) is 11.3 Å². The first kappa shape index (κ1) is 14.6. The van der Waals surface area contributed by atoms with Gasteiger partial charge in [0.1, 0.15) is 0 Å². The molecule has 0 spiro atoms. The van der Waals surface area contributed by atoms with Crippen molar-refractivity contribution in [3.8, 4) is 0 Å². The summed E-state index contributed by atoms with van der Waals surface area (Å²) >= 11 is 1.04. The van der Waals surface area contributed by atoms with Crippen molar-refractivity contribution in [1.29, 1.82) is 0 Å². The zero-order valence-electron chi connectivity index (χ0n) is 9.49. The largest absolute Gasteiger partial charge is 0.478 e. The van der Waals surface area contributed by atoms with Crippen LogP contribution in [-0.2, 0) is 19.6 Å². The fourth-order valence-corrected chi connectivity index (χ4v) is 2.87. The Morgan fingerprint density at radius 2 is 2.39 bits per heavy atom. The Hall–Kier alpha value is -1.45. The summed E-state index contributed by atoms with van der Waals surface area (Å²) in [7, 11) is -2.07. The first-order valence-electron chi connectivity index (χ1n) is 4.79. The van der Waals surface area contributed by atoms with Gasteiger partial charge in [0.2, 0.25) is 10.0 Å². The molecule has 0 aliphatic rings. The molecular formula is C9H12N2O5S2. The van der Waals surface area contributed by atoms with Crippen LogP contribution in [0.15, 0.2) is 12.3 Å². The van der Waals surface area contributed by atoms with Crippen LogP contribution in [0.4, 0.5) is 5.13 Å². The number of hydrogen-bond donors (Lipinski definition) is 2. The van der Waals surface area contributed by atoms with Crippen LogP contribution < -0.4 is 4.72 Å². The molecule has 1 rings (SSSR count). The number of aromatic nitrogens is 1. The highest BCUT2D eigenvalue weighted by Crippen LogP contribution is 2.20. The van der Waals surface area contributed by atoms with E-state index in [1.54, 1.807) is 0 Å².